The van der Waals surface area contributed by atoms with Crippen LogP contribution < -0.4 is 5.32 Å². The number of halogens is 1. The number of nitrogens with one attached hydrogen (secondary N) is 1. The summed E-state index contributed by atoms with van der Waals surface area (Å²) < 4.78 is 18.5. The van der Waals surface area contributed by atoms with Crippen molar-refractivity contribution in [3.05, 3.63) is 35.6 Å². The van der Waals surface area contributed by atoms with Crippen LogP contribution in [-0.2, 0) is 20.9 Å². The molecule has 0 unspecified atom stereocenters. The average molecular weight is 363 g/mol. The molecule has 2 amide bonds. The van der Waals surface area contributed by atoms with Crippen LogP contribution in [0.5, 0.6) is 0 Å². The summed E-state index contributed by atoms with van der Waals surface area (Å²) in [5.41, 5.74) is 0.711. The van der Waals surface area contributed by atoms with Gasteiger partial charge >= 0.3 is 0 Å². The summed E-state index contributed by atoms with van der Waals surface area (Å²) in [6.45, 7) is 1.32. The fourth-order valence-electron chi connectivity index (χ4n) is 2.76. The topological polar surface area (TPSA) is 71.0 Å². The molecule has 0 radical (unpaired) electrons. The summed E-state index contributed by atoms with van der Waals surface area (Å²) in [5.74, 6) is -2.30. The van der Waals surface area contributed by atoms with Crippen molar-refractivity contribution in [2.75, 3.05) is 13.2 Å². The van der Waals surface area contributed by atoms with E-state index in [1.807, 2.05) is 0 Å². The fraction of sp³-hybridized carbons (Fsp3) is 0.412. The second-order valence-corrected chi connectivity index (χ2v) is 6.36. The smallest absolute Gasteiger partial charge is 0.247 e. The van der Waals surface area contributed by atoms with Crippen molar-refractivity contribution >= 4 is 35.4 Å². The van der Waals surface area contributed by atoms with Crippen LogP contribution in [0.2, 0.25) is 0 Å². The van der Waals surface area contributed by atoms with Crippen LogP contribution in [0.15, 0.2) is 29.3 Å². The van der Waals surface area contributed by atoms with E-state index in [1.165, 1.54) is 23.2 Å². The van der Waals surface area contributed by atoms with Gasteiger partial charge in [-0.3, -0.25) is 19.5 Å². The van der Waals surface area contributed by atoms with E-state index in [9.17, 15) is 14.0 Å². The number of thiocarbonyl (C=S) groups is 1. The molecule has 25 heavy (non-hydrogen) atoms. The van der Waals surface area contributed by atoms with Gasteiger partial charge in [-0.15, -0.1) is 0 Å². The van der Waals surface area contributed by atoms with Crippen LogP contribution in [0.1, 0.15) is 18.4 Å². The van der Waals surface area contributed by atoms with E-state index in [1.54, 1.807) is 12.1 Å². The second-order valence-electron chi connectivity index (χ2n) is 5.97. The molecule has 2 aliphatic heterocycles. The van der Waals surface area contributed by atoms with Crippen LogP contribution in [-0.4, -0.2) is 47.3 Å². The lowest BCUT2D eigenvalue weighted by atomic mass is 10.1. The molecule has 0 aliphatic carbocycles. The van der Waals surface area contributed by atoms with Crippen molar-refractivity contribution in [3.63, 3.8) is 0 Å². The summed E-state index contributed by atoms with van der Waals surface area (Å²) in [6.07, 6.45) is 3.35. The van der Waals surface area contributed by atoms with Crippen LogP contribution in [0.3, 0.4) is 0 Å². The molecular weight excluding hydrogens is 345 g/mol. The quantitative estimate of drug-likeness (QED) is 0.488. The van der Waals surface area contributed by atoms with Gasteiger partial charge in [0.2, 0.25) is 11.8 Å². The predicted octanol–water partition coefficient (Wildman–Crippen LogP) is 1.43. The van der Waals surface area contributed by atoms with E-state index in [0.29, 0.717) is 12.1 Å². The first-order valence-electron chi connectivity index (χ1n) is 8.07. The van der Waals surface area contributed by atoms with Crippen LogP contribution in [0, 0.1) is 11.7 Å². The van der Waals surface area contributed by atoms with E-state index in [4.69, 9.17) is 17.0 Å². The first kappa shape index (κ1) is 17.6. The molecule has 2 saturated heterocycles. The van der Waals surface area contributed by atoms with Gasteiger partial charge in [0.15, 0.2) is 11.0 Å². The zero-order valence-electron chi connectivity index (χ0n) is 13.5. The van der Waals surface area contributed by atoms with E-state index in [0.717, 1.165) is 19.4 Å². The molecule has 0 aromatic heterocycles. The number of rotatable bonds is 5. The third kappa shape index (κ3) is 4.26. The van der Waals surface area contributed by atoms with Gasteiger partial charge in [0.05, 0.1) is 19.2 Å². The Bertz CT molecular complexity index is 702. The molecular formula is C17H18FN3O3S. The zero-order chi connectivity index (χ0) is 17.8. The van der Waals surface area contributed by atoms with Gasteiger partial charge in [-0.05, 0) is 42.8 Å². The lowest BCUT2D eigenvalue weighted by molar-refractivity contribution is -0.138. The maximum absolute atomic E-state index is 13.0. The highest BCUT2D eigenvalue weighted by Crippen LogP contribution is 2.15. The Labute approximate surface area is 150 Å². The van der Waals surface area contributed by atoms with Gasteiger partial charge in [-0.25, -0.2) is 4.39 Å². The third-order valence-corrected chi connectivity index (χ3v) is 4.45. The zero-order valence-corrected chi connectivity index (χ0v) is 14.3. The summed E-state index contributed by atoms with van der Waals surface area (Å²) in [4.78, 5) is 30.2. The number of hydrogen-bond donors (Lipinski definition) is 1. The molecule has 1 N–H and O–H groups in total. The summed E-state index contributed by atoms with van der Waals surface area (Å²) in [7, 11) is 0. The molecule has 2 heterocycles. The Balaban J connectivity index is 1.67. The number of carbonyl (C=O) groups is 2. The Morgan fingerprint density at radius 1 is 1.36 bits per heavy atom. The van der Waals surface area contributed by atoms with Crippen molar-refractivity contribution < 1.29 is 18.7 Å². The third-order valence-electron chi connectivity index (χ3n) is 4.13. The molecule has 1 aromatic rings. The monoisotopic (exact) mass is 363 g/mol. The van der Waals surface area contributed by atoms with Crippen LogP contribution in [0.4, 0.5) is 4.39 Å². The molecule has 2 aliphatic rings. The largest absolute Gasteiger partial charge is 0.376 e. The van der Waals surface area contributed by atoms with E-state index in [-0.39, 0.29) is 23.6 Å². The van der Waals surface area contributed by atoms with E-state index in [2.05, 4.69) is 10.3 Å². The minimum absolute atomic E-state index is 0.0445. The molecule has 2 atom stereocenters. The molecule has 132 valence electrons. The van der Waals surface area contributed by atoms with E-state index >= 15 is 0 Å². The highest BCUT2D eigenvalue weighted by atomic mass is 32.1. The van der Waals surface area contributed by atoms with Crippen molar-refractivity contribution in [1.29, 1.82) is 0 Å². The van der Waals surface area contributed by atoms with Gasteiger partial charge in [-0.2, -0.15) is 0 Å². The molecule has 1 aromatic carbocycles. The fourth-order valence-corrected chi connectivity index (χ4v) is 3.01. The Hall–Kier alpha value is -2.19. The van der Waals surface area contributed by atoms with Crippen LogP contribution in [0.25, 0.3) is 0 Å². The first-order chi connectivity index (χ1) is 12.0. The van der Waals surface area contributed by atoms with Crippen molar-refractivity contribution in [3.8, 4) is 0 Å². The number of hydrogen-bond acceptors (Lipinski definition) is 5. The van der Waals surface area contributed by atoms with Crippen LogP contribution >= 0.6 is 12.2 Å². The van der Waals surface area contributed by atoms with Crippen molar-refractivity contribution in [1.82, 2.24) is 10.2 Å². The lowest BCUT2D eigenvalue weighted by Crippen LogP contribution is -2.57. The SMILES string of the molecule is O=C1NC(=S)N(Cc2ccc(F)cc2)C(=O)[C@H]1C=NC[C@@H]1CCCO1. The minimum Gasteiger partial charge on any atom is -0.376 e. The Morgan fingerprint density at radius 2 is 2.12 bits per heavy atom. The number of carbonyl (C=O) groups excluding carboxylic acids is 2. The number of aliphatic imine (C=N–C) groups is 1. The first-order valence-corrected chi connectivity index (χ1v) is 8.47. The minimum atomic E-state index is -1.02. The van der Waals surface area contributed by atoms with Crippen molar-refractivity contribution in [2.24, 2.45) is 10.9 Å². The highest BCUT2D eigenvalue weighted by molar-refractivity contribution is 7.80. The van der Waals surface area contributed by atoms with Crippen molar-refractivity contribution in [2.45, 2.75) is 25.5 Å². The Kier molecular flexibility index (Phi) is 5.50. The van der Waals surface area contributed by atoms with Gasteiger partial charge in [-0.1, -0.05) is 12.1 Å². The summed E-state index contributed by atoms with van der Waals surface area (Å²) in [5, 5.41) is 2.57. The molecule has 8 heteroatoms. The van der Waals surface area contributed by atoms with Gasteiger partial charge in [0.25, 0.3) is 0 Å². The maximum Gasteiger partial charge on any atom is 0.247 e. The van der Waals surface area contributed by atoms with Gasteiger partial charge < -0.3 is 10.1 Å². The summed E-state index contributed by atoms with van der Waals surface area (Å²) in [6, 6.07) is 5.77. The molecule has 0 spiro atoms. The molecule has 0 bridgehead atoms. The van der Waals surface area contributed by atoms with E-state index < -0.39 is 17.7 Å². The maximum atomic E-state index is 13.0. The molecule has 0 saturated carbocycles. The highest BCUT2D eigenvalue weighted by Gasteiger charge is 2.37. The Morgan fingerprint density at radius 3 is 2.80 bits per heavy atom. The van der Waals surface area contributed by atoms with Gasteiger partial charge in [0, 0.05) is 12.8 Å². The predicted molar refractivity (Wildman–Crippen MR) is 93.5 cm³/mol. The lowest BCUT2D eigenvalue weighted by Gasteiger charge is -2.31. The standard InChI is InChI=1S/C17H18FN3O3S/c18-12-5-3-11(4-6-12)10-21-16(23)14(15(22)20-17(21)25)9-19-8-13-2-1-7-24-13/h3-6,9,13-14H,1-2,7-8,10H2,(H,20,22,25)/t13-,14-/m0/s1. The number of amides is 2. The average Bonchev–Trinajstić information content (AvgIpc) is 3.09. The number of nitrogens with zero attached hydrogens (tertiary/aromatic N) is 2. The second kappa shape index (κ2) is 7.79. The molecule has 2 fully saturated rings. The number of ether oxygens (including phenoxy) is 1. The number of benzene rings is 1. The normalized spacial score (nSPS) is 24.2. The molecule has 6 nitrogen and oxygen atoms in total. The molecule has 3 rings (SSSR count). The summed E-state index contributed by atoms with van der Waals surface area (Å²) >= 11 is 5.09. The van der Waals surface area contributed by atoms with Gasteiger partial charge in [0.1, 0.15) is 5.82 Å².